The lowest BCUT2D eigenvalue weighted by Gasteiger charge is -2.08. The number of ketones is 1. The summed E-state index contributed by atoms with van der Waals surface area (Å²) in [6.07, 6.45) is 3.94. The minimum atomic E-state index is -0.228. The largest absolute Gasteiger partial charge is 0.427 e. The van der Waals surface area contributed by atoms with Gasteiger partial charge in [0.25, 0.3) is 0 Å². The van der Waals surface area contributed by atoms with Crippen LogP contribution in [0.25, 0.3) is 0 Å². The van der Waals surface area contributed by atoms with Crippen molar-refractivity contribution in [1.29, 1.82) is 0 Å². The molecule has 3 heteroatoms. The standard InChI is InChI=1S/C15H18O3/c1-2-15(17)18-13-8-6-11(7-9-13)10-12-4-3-5-14(12)16/h6-9,12H,2-5,10H2,1H3. The van der Waals surface area contributed by atoms with Gasteiger partial charge in [-0.15, -0.1) is 0 Å². The summed E-state index contributed by atoms with van der Waals surface area (Å²) in [5, 5.41) is 0. The fourth-order valence-electron chi connectivity index (χ4n) is 2.29. The number of carbonyl (C=O) groups is 2. The zero-order valence-electron chi connectivity index (χ0n) is 10.6. The minimum absolute atomic E-state index is 0.189. The first-order chi connectivity index (χ1) is 8.69. The summed E-state index contributed by atoms with van der Waals surface area (Å²) < 4.78 is 5.10. The van der Waals surface area contributed by atoms with Crippen molar-refractivity contribution < 1.29 is 14.3 Å². The van der Waals surface area contributed by atoms with Crippen LogP contribution in [0.1, 0.15) is 38.2 Å². The van der Waals surface area contributed by atoms with Gasteiger partial charge in [0.05, 0.1) is 0 Å². The van der Waals surface area contributed by atoms with Crippen LogP contribution in [0.4, 0.5) is 0 Å². The Balaban J connectivity index is 1.95. The van der Waals surface area contributed by atoms with Gasteiger partial charge < -0.3 is 4.74 Å². The van der Waals surface area contributed by atoms with E-state index in [1.807, 2.05) is 12.1 Å². The molecular weight excluding hydrogens is 228 g/mol. The molecule has 1 fully saturated rings. The molecule has 0 amide bonds. The van der Waals surface area contributed by atoms with Gasteiger partial charge in [-0.25, -0.2) is 0 Å². The van der Waals surface area contributed by atoms with Crippen LogP contribution in [0.5, 0.6) is 5.75 Å². The normalized spacial score (nSPS) is 18.9. The number of carbonyl (C=O) groups excluding carboxylic acids is 2. The van der Waals surface area contributed by atoms with E-state index in [0.29, 0.717) is 18.0 Å². The Hall–Kier alpha value is -1.64. The highest BCUT2D eigenvalue weighted by molar-refractivity contribution is 5.83. The topological polar surface area (TPSA) is 43.4 Å². The maximum absolute atomic E-state index is 11.6. The first-order valence-corrected chi connectivity index (χ1v) is 6.51. The van der Waals surface area contributed by atoms with Crippen molar-refractivity contribution in [1.82, 2.24) is 0 Å². The first kappa shape index (κ1) is 12.8. The fraction of sp³-hybridized carbons (Fsp3) is 0.467. The van der Waals surface area contributed by atoms with E-state index in [-0.39, 0.29) is 11.9 Å². The third-order valence-electron chi connectivity index (χ3n) is 3.36. The molecule has 2 rings (SSSR count). The highest BCUT2D eigenvalue weighted by Crippen LogP contribution is 2.25. The second-order valence-electron chi connectivity index (χ2n) is 4.73. The van der Waals surface area contributed by atoms with Crippen molar-refractivity contribution >= 4 is 11.8 Å². The number of hydrogen-bond donors (Lipinski definition) is 0. The van der Waals surface area contributed by atoms with E-state index in [2.05, 4.69) is 0 Å². The van der Waals surface area contributed by atoms with Crippen molar-refractivity contribution in [3.63, 3.8) is 0 Å². The predicted molar refractivity (Wildman–Crippen MR) is 68.4 cm³/mol. The van der Waals surface area contributed by atoms with Crippen molar-refractivity contribution in [2.24, 2.45) is 5.92 Å². The van der Waals surface area contributed by atoms with Crippen LogP contribution < -0.4 is 4.74 Å². The molecule has 1 aliphatic carbocycles. The highest BCUT2D eigenvalue weighted by Gasteiger charge is 2.24. The quantitative estimate of drug-likeness (QED) is 0.606. The van der Waals surface area contributed by atoms with Crippen molar-refractivity contribution in [2.45, 2.75) is 39.0 Å². The number of ether oxygens (including phenoxy) is 1. The number of esters is 1. The molecule has 0 radical (unpaired) electrons. The van der Waals surface area contributed by atoms with Crippen molar-refractivity contribution in [2.75, 3.05) is 0 Å². The van der Waals surface area contributed by atoms with Crippen LogP contribution in [0.15, 0.2) is 24.3 Å². The van der Waals surface area contributed by atoms with E-state index in [1.165, 1.54) is 0 Å². The van der Waals surface area contributed by atoms with E-state index in [9.17, 15) is 9.59 Å². The molecule has 1 aromatic rings. The molecule has 1 aliphatic rings. The van der Waals surface area contributed by atoms with E-state index in [0.717, 1.165) is 31.2 Å². The zero-order valence-corrected chi connectivity index (χ0v) is 10.6. The second kappa shape index (κ2) is 5.80. The molecule has 0 heterocycles. The van der Waals surface area contributed by atoms with E-state index < -0.39 is 0 Å². The average molecular weight is 246 g/mol. The van der Waals surface area contributed by atoms with Crippen LogP contribution in [-0.2, 0) is 16.0 Å². The minimum Gasteiger partial charge on any atom is -0.427 e. The monoisotopic (exact) mass is 246 g/mol. The first-order valence-electron chi connectivity index (χ1n) is 6.51. The predicted octanol–water partition coefficient (Wildman–Crippen LogP) is 2.91. The summed E-state index contributed by atoms with van der Waals surface area (Å²) in [7, 11) is 0. The Morgan fingerprint density at radius 1 is 1.33 bits per heavy atom. The summed E-state index contributed by atoms with van der Waals surface area (Å²) >= 11 is 0. The van der Waals surface area contributed by atoms with E-state index in [4.69, 9.17) is 4.74 Å². The molecule has 1 aromatic carbocycles. The molecule has 1 unspecified atom stereocenters. The molecule has 0 spiro atoms. The Labute approximate surface area is 107 Å². The molecule has 3 nitrogen and oxygen atoms in total. The Morgan fingerprint density at radius 3 is 2.61 bits per heavy atom. The Bertz CT molecular complexity index is 434. The molecule has 1 atom stereocenters. The van der Waals surface area contributed by atoms with E-state index in [1.54, 1.807) is 19.1 Å². The summed E-state index contributed by atoms with van der Waals surface area (Å²) in [5.41, 5.74) is 1.13. The van der Waals surface area contributed by atoms with Gasteiger partial charge in [0.2, 0.25) is 0 Å². The lowest BCUT2D eigenvalue weighted by Crippen LogP contribution is -2.09. The van der Waals surface area contributed by atoms with Gasteiger partial charge in [-0.3, -0.25) is 9.59 Å². The lowest BCUT2D eigenvalue weighted by molar-refractivity contribution is -0.134. The van der Waals surface area contributed by atoms with Crippen LogP contribution in [0.2, 0.25) is 0 Å². The van der Waals surface area contributed by atoms with Crippen LogP contribution >= 0.6 is 0 Å². The van der Waals surface area contributed by atoms with Gasteiger partial charge in [-0.2, -0.15) is 0 Å². The molecule has 0 aromatic heterocycles. The van der Waals surface area contributed by atoms with Gasteiger partial charge >= 0.3 is 5.97 Å². The van der Waals surface area contributed by atoms with Crippen LogP contribution in [-0.4, -0.2) is 11.8 Å². The molecule has 0 N–H and O–H groups in total. The van der Waals surface area contributed by atoms with Gasteiger partial charge in [-0.1, -0.05) is 19.1 Å². The zero-order chi connectivity index (χ0) is 13.0. The Morgan fingerprint density at radius 2 is 2.06 bits per heavy atom. The summed E-state index contributed by atoms with van der Waals surface area (Å²) in [6, 6.07) is 7.46. The number of hydrogen-bond acceptors (Lipinski definition) is 3. The van der Waals surface area contributed by atoms with Gasteiger partial charge in [0.1, 0.15) is 11.5 Å². The van der Waals surface area contributed by atoms with Gasteiger partial charge in [0, 0.05) is 18.8 Å². The molecule has 0 bridgehead atoms. The number of benzene rings is 1. The molecule has 18 heavy (non-hydrogen) atoms. The number of rotatable bonds is 4. The summed E-state index contributed by atoms with van der Waals surface area (Å²) in [4.78, 5) is 22.7. The van der Waals surface area contributed by atoms with E-state index >= 15 is 0 Å². The lowest BCUT2D eigenvalue weighted by atomic mass is 9.97. The van der Waals surface area contributed by atoms with Crippen molar-refractivity contribution in [3.05, 3.63) is 29.8 Å². The highest BCUT2D eigenvalue weighted by atomic mass is 16.5. The van der Waals surface area contributed by atoms with Gasteiger partial charge in [0.15, 0.2) is 0 Å². The second-order valence-corrected chi connectivity index (χ2v) is 4.73. The maximum Gasteiger partial charge on any atom is 0.310 e. The molecule has 0 aliphatic heterocycles. The molecular formula is C15H18O3. The van der Waals surface area contributed by atoms with Gasteiger partial charge in [-0.05, 0) is 37.0 Å². The summed E-state index contributed by atoms with van der Waals surface area (Å²) in [5.74, 6) is 0.919. The molecule has 0 saturated heterocycles. The average Bonchev–Trinajstić information content (AvgIpc) is 2.77. The number of Topliss-reactive ketones (excluding diaryl/α,β-unsaturated/α-hetero) is 1. The molecule has 96 valence electrons. The Kier molecular flexibility index (Phi) is 4.13. The third kappa shape index (κ3) is 3.19. The SMILES string of the molecule is CCC(=O)Oc1ccc(CC2CCCC2=O)cc1. The molecule has 1 saturated carbocycles. The maximum atomic E-state index is 11.6. The smallest absolute Gasteiger partial charge is 0.310 e. The van der Waals surface area contributed by atoms with Crippen LogP contribution in [0, 0.1) is 5.92 Å². The third-order valence-corrected chi connectivity index (χ3v) is 3.36. The summed E-state index contributed by atoms with van der Waals surface area (Å²) in [6.45, 7) is 1.77. The van der Waals surface area contributed by atoms with Crippen LogP contribution in [0.3, 0.4) is 0 Å². The van der Waals surface area contributed by atoms with Crippen molar-refractivity contribution in [3.8, 4) is 5.75 Å². The fourth-order valence-corrected chi connectivity index (χ4v) is 2.29.